The number of anilines is 2. The van der Waals surface area contributed by atoms with E-state index in [0.717, 1.165) is 17.7 Å². The highest BCUT2D eigenvalue weighted by atomic mass is 16.2. The molecule has 1 aromatic carbocycles. The van der Waals surface area contributed by atoms with E-state index in [2.05, 4.69) is 28.5 Å². The lowest BCUT2D eigenvalue weighted by Gasteiger charge is -2.33. The minimum absolute atomic E-state index is 0.0416. The van der Waals surface area contributed by atoms with Gasteiger partial charge in [0, 0.05) is 38.8 Å². The molecule has 7 nitrogen and oxygen atoms in total. The largest absolute Gasteiger partial charge is 0.339 e. The van der Waals surface area contributed by atoms with Crippen LogP contribution >= 0.6 is 0 Å². The van der Waals surface area contributed by atoms with Gasteiger partial charge in [0.1, 0.15) is 0 Å². The molecule has 1 N–H and O–H groups in total. The van der Waals surface area contributed by atoms with E-state index in [-0.39, 0.29) is 11.8 Å². The van der Waals surface area contributed by atoms with E-state index in [0.29, 0.717) is 37.7 Å². The van der Waals surface area contributed by atoms with Gasteiger partial charge < -0.3 is 15.1 Å². The molecule has 0 spiro atoms. The summed E-state index contributed by atoms with van der Waals surface area (Å²) in [7, 11) is 0. The summed E-state index contributed by atoms with van der Waals surface area (Å²) in [5.41, 5.74) is 3.70. The summed E-state index contributed by atoms with van der Waals surface area (Å²) in [5, 5.41) is 11.6. The van der Waals surface area contributed by atoms with Crippen LogP contribution in [0.15, 0.2) is 30.3 Å². The molecule has 1 aliphatic heterocycles. The van der Waals surface area contributed by atoms with Crippen LogP contribution in [0.1, 0.15) is 35.5 Å². The van der Waals surface area contributed by atoms with Gasteiger partial charge in [0.05, 0.1) is 0 Å². The predicted octanol–water partition coefficient (Wildman–Crippen LogP) is 2.40. The molecular formula is C20H25N5O2. The Morgan fingerprint density at radius 1 is 1.04 bits per heavy atom. The third-order valence-corrected chi connectivity index (χ3v) is 4.89. The lowest BCUT2D eigenvalue weighted by Crippen LogP contribution is -2.50. The second-order valence-corrected chi connectivity index (χ2v) is 6.69. The number of rotatable bonds is 4. The van der Waals surface area contributed by atoms with Gasteiger partial charge in [-0.25, -0.2) is 0 Å². The highest BCUT2D eigenvalue weighted by molar-refractivity contribution is 5.92. The fourth-order valence-corrected chi connectivity index (χ4v) is 3.23. The van der Waals surface area contributed by atoms with Crippen molar-refractivity contribution in [3.63, 3.8) is 0 Å². The number of aryl methyl sites for hydroxylation is 2. The standard InChI is InChI=1S/C20H25N5O2/c1-4-16-7-5-6-14(2)19(16)21-18-9-8-17(22-23-18)20(27)25-12-10-24(11-13-25)15(3)26/h5-9H,4,10-13H2,1-3H3,(H,21,23). The third kappa shape index (κ3) is 4.24. The minimum Gasteiger partial charge on any atom is -0.339 e. The maximum absolute atomic E-state index is 12.6. The van der Waals surface area contributed by atoms with Gasteiger partial charge in [-0.2, -0.15) is 0 Å². The summed E-state index contributed by atoms with van der Waals surface area (Å²) >= 11 is 0. The maximum Gasteiger partial charge on any atom is 0.274 e. The van der Waals surface area contributed by atoms with Crippen LogP contribution < -0.4 is 5.32 Å². The quantitative estimate of drug-likeness (QED) is 0.898. The second kappa shape index (κ2) is 8.16. The van der Waals surface area contributed by atoms with E-state index in [1.54, 1.807) is 28.9 Å². The highest BCUT2D eigenvalue weighted by Crippen LogP contribution is 2.24. The molecule has 1 saturated heterocycles. The van der Waals surface area contributed by atoms with Crippen molar-refractivity contribution in [3.05, 3.63) is 47.2 Å². The zero-order valence-corrected chi connectivity index (χ0v) is 16.0. The first kappa shape index (κ1) is 18.8. The smallest absolute Gasteiger partial charge is 0.274 e. The Labute approximate surface area is 159 Å². The van der Waals surface area contributed by atoms with E-state index < -0.39 is 0 Å². The van der Waals surface area contributed by atoms with E-state index >= 15 is 0 Å². The minimum atomic E-state index is -0.151. The van der Waals surface area contributed by atoms with Crippen molar-refractivity contribution < 1.29 is 9.59 Å². The van der Waals surface area contributed by atoms with Gasteiger partial charge in [-0.15, -0.1) is 10.2 Å². The second-order valence-electron chi connectivity index (χ2n) is 6.69. The number of para-hydroxylation sites is 1. The Balaban J connectivity index is 1.67. The van der Waals surface area contributed by atoms with Crippen LogP contribution in [0.25, 0.3) is 0 Å². The summed E-state index contributed by atoms with van der Waals surface area (Å²) in [4.78, 5) is 27.5. The molecular weight excluding hydrogens is 342 g/mol. The van der Waals surface area contributed by atoms with Crippen LogP contribution in [0, 0.1) is 6.92 Å². The molecule has 1 aliphatic rings. The summed E-state index contributed by atoms with van der Waals surface area (Å²) in [6.45, 7) is 7.86. The number of carbonyl (C=O) groups is 2. The lowest BCUT2D eigenvalue weighted by atomic mass is 10.1. The van der Waals surface area contributed by atoms with Crippen molar-refractivity contribution in [2.45, 2.75) is 27.2 Å². The Morgan fingerprint density at radius 3 is 2.33 bits per heavy atom. The number of benzene rings is 1. The predicted molar refractivity (Wildman–Crippen MR) is 104 cm³/mol. The van der Waals surface area contributed by atoms with Crippen LogP contribution in [0.3, 0.4) is 0 Å². The molecule has 1 aromatic heterocycles. The molecule has 3 rings (SSSR count). The van der Waals surface area contributed by atoms with E-state index in [9.17, 15) is 9.59 Å². The van der Waals surface area contributed by atoms with Gasteiger partial charge in [0.15, 0.2) is 11.5 Å². The molecule has 2 amide bonds. The van der Waals surface area contributed by atoms with E-state index in [1.807, 2.05) is 19.1 Å². The maximum atomic E-state index is 12.6. The van der Waals surface area contributed by atoms with Gasteiger partial charge in [0.2, 0.25) is 5.91 Å². The van der Waals surface area contributed by atoms with Crippen LogP contribution in [0.5, 0.6) is 0 Å². The number of hydrogen-bond donors (Lipinski definition) is 1. The number of carbonyl (C=O) groups excluding carboxylic acids is 2. The molecule has 2 aromatic rings. The van der Waals surface area contributed by atoms with Crippen molar-refractivity contribution in [2.24, 2.45) is 0 Å². The first-order chi connectivity index (χ1) is 13.0. The lowest BCUT2D eigenvalue weighted by molar-refractivity contribution is -0.130. The van der Waals surface area contributed by atoms with Crippen molar-refractivity contribution in [3.8, 4) is 0 Å². The third-order valence-electron chi connectivity index (χ3n) is 4.89. The summed E-state index contributed by atoms with van der Waals surface area (Å²) in [5.74, 6) is 0.499. The number of aromatic nitrogens is 2. The van der Waals surface area contributed by atoms with Crippen molar-refractivity contribution >= 4 is 23.3 Å². The zero-order valence-electron chi connectivity index (χ0n) is 16.0. The van der Waals surface area contributed by atoms with Gasteiger partial charge in [-0.1, -0.05) is 25.1 Å². The number of nitrogens with one attached hydrogen (secondary N) is 1. The zero-order chi connectivity index (χ0) is 19.4. The van der Waals surface area contributed by atoms with E-state index in [4.69, 9.17) is 0 Å². The SMILES string of the molecule is CCc1cccc(C)c1Nc1ccc(C(=O)N2CCN(C(C)=O)CC2)nn1. The molecule has 2 heterocycles. The van der Waals surface area contributed by atoms with Crippen LogP contribution in [0.2, 0.25) is 0 Å². The summed E-state index contributed by atoms with van der Waals surface area (Å²) < 4.78 is 0. The monoisotopic (exact) mass is 367 g/mol. The molecule has 27 heavy (non-hydrogen) atoms. The van der Waals surface area contributed by atoms with Crippen LogP contribution in [-0.2, 0) is 11.2 Å². The van der Waals surface area contributed by atoms with Crippen LogP contribution in [-0.4, -0.2) is 58.0 Å². The van der Waals surface area contributed by atoms with Crippen molar-refractivity contribution in [2.75, 3.05) is 31.5 Å². The average molecular weight is 367 g/mol. The fourth-order valence-electron chi connectivity index (χ4n) is 3.23. The first-order valence-corrected chi connectivity index (χ1v) is 9.23. The van der Waals surface area contributed by atoms with Crippen LogP contribution in [0.4, 0.5) is 11.5 Å². The molecule has 0 atom stereocenters. The molecule has 0 unspecified atom stereocenters. The number of nitrogens with zero attached hydrogens (tertiary/aromatic N) is 4. The fraction of sp³-hybridized carbons (Fsp3) is 0.400. The molecule has 0 bridgehead atoms. The number of piperazine rings is 1. The van der Waals surface area contributed by atoms with Crippen molar-refractivity contribution in [1.29, 1.82) is 0 Å². The Bertz CT molecular complexity index is 827. The first-order valence-electron chi connectivity index (χ1n) is 9.23. The molecule has 0 saturated carbocycles. The van der Waals surface area contributed by atoms with Gasteiger partial charge in [-0.05, 0) is 36.6 Å². The summed E-state index contributed by atoms with van der Waals surface area (Å²) in [6, 6.07) is 9.64. The van der Waals surface area contributed by atoms with Gasteiger partial charge in [-0.3, -0.25) is 9.59 Å². The van der Waals surface area contributed by atoms with Crippen molar-refractivity contribution in [1.82, 2.24) is 20.0 Å². The number of hydrogen-bond acceptors (Lipinski definition) is 5. The summed E-state index contributed by atoms with van der Waals surface area (Å²) in [6.07, 6.45) is 0.917. The van der Waals surface area contributed by atoms with Gasteiger partial charge >= 0.3 is 0 Å². The molecule has 142 valence electrons. The van der Waals surface area contributed by atoms with E-state index in [1.165, 1.54) is 5.56 Å². The molecule has 1 fully saturated rings. The topological polar surface area (TPSA) is 78.4 Å². The Kier molecular flexibility index (Phi) is 5.69. The Morgan fingerprint density at radius 2 is 1.74 bits per heavy atom. The average Bonchev–Trinajstić information content (AvgIpc) is 2.69. The highest BCUT2D eigenvalue weighted by Gasteiger charge is 2.24. The Hall–Kier alpha value is -2.96. The van der Waals surface area contributed by atoms with Gasteiger partial charge in [0.25, 0.3) is 5.91 Å². The number of amides is 2. The normalized spacial score (nSPS) is 14.2. The molecule has 0 radical (unpaired) electrons. The molecule has 0 aliphatic carbocycles. The molecule has 7 heteroatoms.